The molecule has 0 aromatic heterocycles. The Labute approximate surface area is 110 Å². The molecule has 3 rings (SSSR count). The zero-order chi connectivity index (χ0) is 12.2. The molecule has 3 heteroatoms. The Kier molecular flexibility index (Phi) is 4.34. The molecular formula is C15H26NO2+. The monoisotopic (exact) mass is 252 g/mol. The van der Waals surface area contributed by atoms with E-state index < -0.39 is 0 Å². The van der Waals surface area contributed by atoms with E-state index >= 15 is 0 Å². The number of hydrogen-bond donors (Lipinski definition) is 1. The number of piperidine rings is 1. The van der Waals surface area contributed by atoms with Crippen molar-refractivity contribution in [3.63, 3.8) is 0 Å². The van der Waals surface area contributed by atoms with Gasteiger partial charge in [-0.25, -0.2) is 0 Å². The number of quaternary nitrogens is 1. The summed E-state index contributed by atoms with van der Waals surface area (Å²) >= 11 is 0. The van der Waals surface area contributed by atoms with E-state index in [0.717, 1.165) is 19.6 Å². The fourth-order valence-electron chi connectivity index (χ4n) is 3.47. The third kappa shape index (κ3) is 3.14. The van der Waals surface area contributed by atoms with Crippen LogP contribution in [0.4, 0.5) is 0 Å². The van der Waals surface area contributed by atoms with Gasteiger partial charge >= 0.3 is 0 Å². The molecule has 2 heterocycles. The lowest BCUT2D eigenvalue weighted by Crippen LogP contribution is -3.13. The van der Waals surface area contributed by atoms with Gasteiger partial charge in [0.25, 0.3) is 0 Å². The maximum Gasteiger partial charge on any atom is 0.161 e. The summed E-state index contributed by atoms with van der Waals surface area (Å²) in [6, 6.07) is 0. The second-order valence-corrected chi connectivity index (χ2v) is 6.02. The second-order valence-electron chi connectivity index (χ2n) is 6.02. The van der Waals surface area contributed by atoms with Crippen LogP contribution in [0.1, 0.15) is 38.5 Å². The fourth-order valence-corrected chi connectivity index (χ4v) is 3.47. The molecule has 1 N–H and O–H groups in total. The van der Waals surface area contributed by atoms with Crippen molar-refractivity contribution in [3.8, 4) is 0 Å². The summed E-state index contributed by atoms with van der Waals surface area (Å²) < 4.78 is 12.0. The van der Waals surface area contributed by atoms with Crippen LogP contribution >= 0.6 is 0 Å². The molecule has 0 radical (unpaired) electrons. The smallest absolute Gasteiger partial charge is 0.161 e. The van der Waals surface area contributed by atoms with E-state index in [9.17, 15) is 0 Å². The maximum atomic E-state index is 6.13. The van der Waals surface area contributed by atoms with E-state index in [-0.39, 0.29) is 6.29 Å². The predicted octanol–water partition coefficient (Wildman–Crippen LogP) is 1.15. The molecule has 0 aromatic carbocycles. The van der Waals surface area contributed by atoms with Gasteiger partial charge in [0.1, 0.15) is 12.6 Å². The van der Waals surface area contributed by atoms with Crippen molar-refractivity contribution in [1.29, 1.82) is 0 Å². The third-order valence-corrected chi connectivity index (χ3v) is 4.54. The van der Waals surface area contributed by atoms with Crippen LogP contribution in [-0.4, -0.2) is 38.6 Å². The minimum absolute atomic E-state index is 0.0733. The lowest BCUT2D eigenvalue weighted by molar-refractivity contribution is -0.907. The first-order chi connectivity index (χ1) is 8.92. The number of nitrogens with one attached hydrogen (secondary N) is 1. The highest BCUT2D eigenvalue weighted by molar-refractivity contribution is 4.91. The summed E-state index contributed by atoms with van der Waals surface area (Å²) in [6.07, 6.45) is 12.7. The van der Waals surface area contributed by atoms with E-state index in [1.54, 1.807) is 4.90 Å². The lowest BCUT2D eigenvalue weighted by atomic mass is 9.94. The molecule has 0 spiro atoms. The Balaban J connectivity index is 1.44. The Morgan fingerprint density at radius 1 is 1.11 bits per heavy atom. The van der Waals surface area contributed by atoms with Gasteiger partial charge in [0, 0.05) is 5.92 Å². The average molecular weight is 252 g/mol. The molecule has 102 valence electrons. The zero-order valence-corrected chi connectivity index (χ0v) is 11.3. The van der Waals surface area contributed by atoms with Gasteiger partial charge in [-0.05, 0) is 38.5 Å². The van der Waals surface area contributed by atoms with Crippen molar-refractivity contribution >= 4 is 0 Å². The topological polar surface area (TPSA) is 22.9 Å². The van der Waals surface area contributed by atoms with Crippen molar-refractivity contribution in [1.82, 2.24) is 0 Å². The number of ether oxygens (including phenoxy) is 2. The highest BCUT2D eigenvalue weighted by Gasteiger charge is 2.34. The van der Waals surface area contributed by atoms with Gasteiger partial charge in [-0.15, -0.1) is 0 Å². The van der Waals surface area contributed by atoms with Crippen LogP contribution in [-0.2, 0) is 9.47 Å². The first-order valence-corrected chi connectivity index (χ1v) is 7.67. The lowest BCUT2D eigenvalue weighted by Gasteiger charge is -2.26. The molecule has 1 aliphatic carbocycles. The number of likely N-dealkylation sites (tertiary alicyclic amines) is 1. The van der Waals surface area contributed by atoms with E-state index in [1.807, 2.05) is 0 Å². The summed E-state index contributed by atoms with van der Waals surface area (Å²) in [5, 5.41) is 0. The van der Waals surface area contributed by atoms with E-state index in [4.69, 9.17) is 9.47 Å². The SMILES string of the molecule is C1=CC[C@H]([C@@H]2OC[C@@H](C[NH+]3CCCCC3)O2)CC1. The molecule has 3 aliphatic rings. The summed E-state index contributed by atoms with van der Waals surface area (Å²) in [5.41, 5.74) is 0. The second kappa shape index (κ2) is 6.18. The summed E-state index contributed by atoms with van der Waals surface area (Å²) in [7, 11) is 0. The van der Waals surface area contributed by atoms with Crippen LogP contribution in [0.15, 0.2) is 12.2 Å². The van der Waals surface area contributed by atoms with Crippen molar-refractivity contribution < 1.29 is 14.4 Å². The van der Waals surface area contributed by atoms with Crippen LogP contribution < -0.4 is 4.90 Å². The summed E-state index contributed by atoms with van der Waals surface area (Å²) in [6.45, 7) is 4.63. The van der Waals surface area contributed by atoms with Gasteiger partial charge in [-0.2, -0.15) is 0 Å². The van der Waals surface area contributed by atoms with Crippen molar-refractivity contribution in [2.75, 3.05) is 26.2 Å². The molecule has 3 atom stereocenters. The molecule has 0 aromatic rings. The molecule has 2 saturated heterocycles. The van der Waals surface area contributed by atoms with Crippen molar-refractivity contribution in [3.05, 3.63) is 12.2 Å². The normalized spacial score (nSPS) is 38.1. The Morgan fingerprint density at radius 2 is 2.00 bits per heavy atom. The van der Waals surface area contributed by atoms with Gasteiger partial charge in [0.05, 0.1) is 19.7 Å². The number of hydrogen-bond acceptors (Lipinski definition) is 2. The minimum Gasteiger partial charge on any atom is -0.349 e. The molecule has 3 nitrogen and oxygen atoms in total. The van der Waals surface area contributed by atoms with Crippen LogP contribution in [0.25, 0.3) is 0 Å². The van der Waals surface area contributed by atoms with Crippen molar-refractivity contribution in [2.45, 2.75) is 50.9 Å². The molecule has 0 bridgehead atoms. The predicted molar refractivity (Wildman–Crippen MR) is 70.5 cm³/mol. The van der Waals surface area contributed by atoms with Crippen LogP contribution in [0.5, 0.6) is 0 Å². The Hall–Kier alpha value is -0.380. The third-order valence-electron chi connectivity index (χ3n) is 4.54. The fraction of sp³-hybridized carbons (Fsp3) is 0.867. The molecule has 2 fully saturated rings. The van der Waals surface area contributed by atoms with Gasteiger partial charge in [-0.1, -0.05) is 12.2 Å². The highest BCUT2D eigenvalue weighted by Crippen LogP contribution is 2.28. The first kappa shape index (κ1) is 12.6. The number of rotatable bonds is 3. The van der Waals surface area contributed by atoms with Crippen LogP contribution in [0.3, 0.4) is 0 Å². The largest absolute Gasteiger partial charge is 0.349 e. The van der Waals surface area contributed by atoms with Crippen LogP contribution in [0, 0.1) is 5.92 Å². The molecule has 0 unspecified atom stereocenters. The molecule has 18 heavy (non-hydrogen) atoms. The number of allylic oxidation sites excluding steroid dienone is 2. The van der Waals surface area contributed by atoms with E-state index in [0.29, 0.717) is 12.0 Å². The van der Waals surface area contributed by atoms with Gasteiger partial charge < -0.3 is 14.4 Å². The maximum absolute atomic E-state index is 6.13. The molecule has 0 amide bonds. The highest BCUT2D eigenvalue weighted by atomic mass is 16.7. The minimum atomic E-state index is 0.0733. The molecular weight excluding hydrogens is 226 g/mol. The first-order valence-electron chi connectivity index (χ1n) is 7.67. The Morgan fingerprint density at radius 3 is 2.78 bits per heavy atom. The molecule has 2 aliphatic heterocycles. The summed E-state index contributed by atoms with van der Waals surface area (Å²) in [4.78, 5) is 1.72. The molecule has 0 saturated carbocycles. The quantitative estimate of drug-likeness (QED) is 0.762. The van der Waals surface area contributed by atoms with E-state index in [1.165, 1.54) is 45.2 Å². The van der Waals surface area contributed by atoms with Crippen molar-refractivity contribution in [2.24, 2.45) is 5.92 Å². The van der Waals surface area contributed by atoms with Gasteiger partial charge in [-0.3, -0.25) is 0 Å². The standard InChI is InChI=1S/C15H25NO2/c1-3-7-13(8-4-1)15-17-12-14(18-15)11-16-9-5-2-6-10-16/h1,3,13-15H,2,4-12H2/p+1/t13-,14+,15+/m0/s1. The van der Waals surface area contributed by atoms with Gasteiger partial charge in [0.15, 0.2) is 6.29 Å². The Bertz CT molecular complexity index is 286. The van der Waals surface area contributed by atoms with Crippen LogP contribution in [0.2, 0.25) is 0 Å². The average Bonchev–Trinajstić information content (AvgIpc) is 2.89. The van der Waals surface area contributed by atoms with Gasteiger partial charge in [0.2, 0.25) is 0 Å². The van der Waals surface area contributed by atoms with E-state index in [2.05, 4.69) is 12.2 Å². The zero-order valence-electron chi connectivity index (χ0n) is 11.3. The summed E-state index contributed by atoms with van der Waals surface area (Å²) in [5.74, 6) is 0.594.